The van der Waals surface area contributed by atoms with Gasteiger partial charge in [-0.15, -0.1) is 0 Å². The van der Waals surface area contributed by atoms with E-state index in [1.54, 1.807) is 25.2 Å². The molecule has 4 rings (SSSR count). The van der Waals surface area contributed by atoms with Crippen molar-refractivity contribution in [2.45, 2.75) is 53.1 Å². The Balaban J connectivity index is 1.48. The van der Waals surface area contributed by atoms with Crippen LogP contribution in [0.2, 0.25) is 0 Å². The summed E-state index contributed by atoms with van der Waals surface area (Å²) in [4.78, 5) is 17.0. The van der Waals surface area contributed by atoms with Gasteiger partial charge in [-0.1, -0.05) is 32.0 Å². The van der Waals surface area contributed by atoms with Crippen LogP contribution in [0.3, 0.4) is 0 Å². The third-order valence-corrected chi connectivity index (χ3v) is 6.42. The molecule has 3 aromatic rings. The molecule has 7 nitrogen and oxygen atoms in total. The highest BCUT2D eigenvalue weighted by Crippen LogP contribution is 2.44. The highest BCUT2D eigenvalue weighted by atomic mass is 16.5. The minimum Gasteiger partial charge on any atom is -0.472 e. The first-order valence-corrected chi connectivity index (χ1v) is 12.8. The summed E-state index contributed by atoms with van der Waals surface area (Å²) >= 11 is 0. The summed E-state index contributed by atoms with van der Waals surface area (Å²) < 4.78 is 11.1. The molecule has 194 valence electrons. The highest BCUT2D eigenvalue weighted by molar-refractivity contribution is 5.96. The quantitative estimate of drug-likeness (QED) is 0.163. The van der Waals surface area contributed by atoms with Crippen molar-refractivity contribution in [1.29, 1.82) is 5.41 Å². The molecule has 0 atom stereocenters. The van der Waals surface area contributed by atoms with E-state index in [4.69, 9.17) is 19.9 Å². The Kier molecular flexibility index (Phi) is 8.11. The smallest absolute Gasteiger partial charge is 0.338 e. The van der Waals surface area contributed by atoms with E-state index in [1.807, 2.05) is 32.0 Å². The highest BCUT2D eigenvalue weighted by Gasteiger charge is 2.27. The van der Waals surface area contributed by atoms with Crippen LogP contribution in [0, 0.1) is 25.2 Å². The molecule has 1 aromatic heterocycles. The normalized spacial score (nSPS) is 12.8. The fraction of sp³-hybridized carbons (Fsp3) is 0.367. The van der Waals surface area contributed by atoms with Gasteiger partial charge in [-0.25, -0.2) is 9.78 Å². The predicted octanol–water partition coefficient (Wildman–Crippen LogP) is 6.72. The van der Waals surface area contributed by atoms with Crippen LogP contribution in [-0.4, -0.2) is 30.5 Å². The van der Waals surface area contributed by atoms with Crippen LogP contribution in [0.5, 0.6) is 0 Å². The molecule has 0 spiro atoms. The molecule has 1 aliphatic carbocycles. The Morgan fingerprint density at radius 3 is 2.51 bits per heavy atom. The molecule has 0 aliphatic heterocycles. The van der Waals surface area contributed by atoms with Gasteiger partial charge in [-0.2, -0.15) is 0 Å². The van der Waals surface area contributed by atoms with Crippen molar-refractivity contribution in [3.8, 4) is 0 Å². The number of nitrogens with one attached hydrogen (secondary N) is 3. The first-order valence-electron chi connectivity index (χ1n) is 12.8. The van der Waals surface area contributed by atoms with Crippen LogP contribution in [0.25, 0.3) is 0 Å². The molecule has 1 fully saturated rings. The van der Waals surface area contributed by atoms with Crippen molar-refractivity contribution in [3.05, 3.63) is 82.0 Å². The Hall–Kier alpha value is -3.87. The Morgan fingerprint density at radius 2 is 1.81 bits per heavy atom. The summed E-state index contributed by atoms with van der Waals surface area (Å²) in [5.41, 5.74) is 7.25. The minimum absolute atomic E-state index is 0.0525. The minimum atomic E-state index is -0.361. The summed E-state index contributed by atoms with van der Waals surface area (Å²) in [6.07, 6.45) is 2.42. The van der Waals surface area contributed by atoms with Crippen LogP contribution >= 0.6 is 0 Å². The largest absolute Gasteiger partial charge is 0.472 e. The lowest BCUT2D eigenvalue weighted by Gasteiger charge is -2.16. The average molecular weight is 501 g/mol. The van der Waals surface area contributed by atoms with Crippen LogP contribution < -0.4 is 10.6 Å². The first-order chi connectivity index (χ1) is 17.7. The molecule has 2 aromatic carbocycles. The molecule has 3 N–H and O–H groups in total. The number of aromatic nitrogens is 1. The molecular weight excluding hydrogens is 464 g/mol. The SMILES string of the molecule is CNc1ccc(Nc2cc(C)c(C)cc2C2CC2)nc1C(=N)OCc1cccc(C(=O)OCC(C)C)c1. The molecule has 0 saturated heterocycles. The third-order valence-electron chi connectivity index (χ3n) is 6.42. The second-order valence-corrected chi connectivity index (χ2v) is 10.1. The van der Waals surface area contributed by atoms with Crippen molar-refractivity contribution in [3.63, 3.8) is 0 Å². The molecule has 1 saturated carbocycles. The summed E-state index contributed by atoms with van der Waals surface area (Å²) in [5.74, 6) is 1.11. The monoisotopic (exact) mass is 500 g/mol. The van der Waals surface area contributed by atoms with Gasteiger partial charge in [-0.05, 0) is 91.1 Å². The zero-order valence-corrected chi connectivity index (χ0v) is 22.3. The maximum atomic E-state index is 12.3. The van der Waals surface area contributed by atoms with Crippen molar-refractivity contribution >= 4 is 29.1 Å². The molecular formula is C30H36N4O3. The number of ether oxygens (including phenoxy) is 2. The molecule has 7 heteroatoms. The van der Waals surface area contributed by atoms with Crippen molar-refractivity contribution < 1.29 is 14.3 Å². The van der Waals surface area contributed by atoms with E-state index in [-0.39, 0.29) is 24.4 Å². The molecule has 37 heavy (non-hydrogen) atoms. The van der Waals surface area contributed by atoms with Crippen LogP contribution in [0.4, 0.5) is 17.2 Å². The van der Waals surface area contributed by atoms with Gasteiger partial charge in [0, 0.05) is 12.7 Å². The van der Waals surface area contributed by atoms with E-state index in [0.29, 0.717) is 35.3 Å². The van der Waals surface area contributed by atoms with Gasteiger partial charge in [0.1, 0.15) is 18.1 Å². The van der Waals surface area contributed by atoms with Gasteiger partial charge in [-0.3, -0.25) is 5.41 Å². The van der Waals surface area contributed by atoms with Crippen LogP contribution in [0.1, 0.15) is 70.9 Å². The van der Waals surface area contributed by atoms with E-state index >= 15 is 0 Å². The zero-order chi connectivity index (χ0) is 26.5. The number of carbonyl (C=O) groups excluding carboxylic acids is 1. The predicted molar refractivity (Wildman–Crippen MR) is 148 cm³/mol. The average Bonchev–Trinajstić information content (AvgIpc) is 3.73. The van der Waals surface area contributed by atoms with Gasteiger partial charge < -0.3 is 20.1 Å². The molecule has 0 bridgehead atoms. The second-order valence-electron chi connectivity index (χ2n) is 10.1. The van der Waals surface area contributed by atoms with Gasteiger partial charge in [0.2, 0.25) is 5.90 Å². The van der Waals surface area contributed by atoms with E-state index < -0.39 is 0 Å². The summed E-state index contributed by atoms with van der Waals surface area (Å²) in [6.45, 7) is 8.76. The van der Waals surface area contributed by atoms with Crippen molar-refractivity contribution in [1.82, 2.24) is 4.98 Å². The third kappa shape index (κ3) is 6.67. The van der Waals surface area contributed by atoms with E-state index in [9.17, 15) is 4.79 Å². The van der Waals surface area contributed by atoms with E-state index in [0.717, 1.165) is 11.3 Å². The topological polar surface area (TPSA) is 96.3 Å². The lowest BCUT2D eigenvalue weighted by molar-refractivity contribution is 0.0458. The van der Waals surface area contributed by atoms with Gasteiger partial charge >= 0.3 is 5.97 Å². The number of nitrogens with zero attached hydrogens (tertiary/aromatic N) is 1. The van der Waals surface area contributed by atoms with Gasteiger partial charge in [0.05, 0.1) is 17.9 Å². The number of benzene rings is 2. The molecule has 1 heterocycles. The zero-order valence-electron chi connectivity index (χ0n) is 22.3. The molecule has 0 amide bonds. The number of carbonyl (C=O) groups is 1. The Morgan fingerprint density at radius 1 is 1.05 bits per heavy atom. The Labute approximate surface area is 219 Å². The van der Waals surface area contributed by atoms with E-state index in [1.165, 1.54) is 29.5 Å². The second kappa shape index (κ2) is 11.5. The fourth-order valence-corrected chi connectivity index (χ4v) is 4.06. The van der Waals surface area contributed by atoms with Crippen molar-refractivity contribution in [2.24, 2.45) is 5.92 Å². The fourth-order valence-electron chi connectivity index (χ4n) is 4.06. The number of anilines is 3. The van der Waals surface area contributed by atoms with Crippen LogP contribution in [-0.2, 0) is 16.1 Å². The number of aryl methyl sites for hydroxylation is 2. The van der Waals surface area contributed by atoms with Crippen molar-refractivity contribution in [2.75, 3.05) is 24.3 Å². The number of rotatable bonds is 10. The maximum absolute atomic E-state index is 12.3. The van der Waals surface area contributed by atoms with Gasteiger partial charge in [0.25, 0.3) is 0 Å². The van der Waals surface area contributed by atoms with E-state index in [2.05, 4.69) is 36.6 Å². The van der Waals surface area contributed by atoms with Crippen LogP contribution in [0.15, 0.2) is 48.5 Å². The summed E-state index contributed by atoms with van der Waals surface area (Å²) in [5, 5.41) is 15.2. The Bertz CT molecular complexity index is 1300. The number of hydrogen-bond donors (Lipinski definition) is 3. The first kappa shape index (κ1) is 26.2. The number of hydrogen-bond acceptors (Lipinski definition) is 7. The molecule has 0 unspecified atom stereocenters. The lowest BCUT2D eigenvalue weighted by atomic mass is 10.0. The standard InChI is InChI=1S/C30H36N4O3/c1-18(2)16-37-30(35)23-8-6-7-21(15-23)17-36-29(31)28-25(32-5)11-12-27(34-28)33-26-14-20(4)19(3)13-24(26)22-9-10-22/h6-8,11-15,18,22,31-32H,9-10,16-17H2,1-5H3,(H,33,34). The summed E-state index contributed by atoms with van der Waals surface area (Å²) in [6, 6.07) is 15.3. The number of esters is 1. The molecule has 0 radical (unpaired) electrons. The molecule has 1 aliphatic rings. The number of pyridine rings is 1. The van der Waals surface area contributed by atoms with Gasteiger partial charge in [0.15, 0.2) is 0 Å². The maximum Gasteiger partial charge on any atom is 0.338 e. The lowest BCUT2D eigenvalue weighted by Crippen LogP contribution is -2.13. The summed E-state index contributed by atoms with van der Waals surface area (Å²) in [7, 11) is 1.79.